The Balaban J connectivity index is 1.64. The number of nitrogens with zero attached hydrogens (tertiary/aromatic N) is 4. The summed E-state index contributed by atoms with van der Waals surface area (Å²) in [6.45, 7) is 2.76. The Morgan fingerprint density at radius 1 is 1.27 bits per heavy atom. The fourth-order valence-electron chi connectivity index (χ4n) is 2.97. The summed E-state index contributed by atoms with van der Waals surface area (Å²) in [4.78, 5) is 29.3. The van der Waals surface area contributed by atoms with Crippen LogP contribution >= 0.6 is 0 Å². The molecule has 2 N–H and O–H groups in total. The van der Waals surface area contributed by atoms with Crippen LogP contribution in [-0.2, 0) is 14.8 Å². The molecule has 2 saturated heterocycles. The third kappa shape index (κ3) is 3.47. The Labute approximate surface area is 150 Å². The molecule has 3 heterocycles. The number of piperazine rings is 1. The van der Waals surface area contributed by atoms with Gasteiger partial charge in [-0.25, -0.2) is 18.2 Å². The molecule has 26 heavy (non-hydrogen) atoms. The lowest BCUT2D eigenvalue weighted by Gasteiger charge is -2.35. The smallest absolute Gasteiger partial charge is 0.322 e. The van der Waals surface area contributed by atoms with E-state index in [0.29, 0.717) is 24.5 Å². The number of anilines is 1. The molecule has 0 aromatic carbocycles. The molecule has 1 aromatic heterocycles. The highest BCUT2D eigenvalue weighted by Crippen LogP contribution is 2.19. The van der Waals surface area contributed by atoms with Crippen LogP contribution in [-0.4, -0.2) is 67.1 Å². The molecular weight excluding hydrogens is 360 g/mol. The van der Waals surface area contributed by atoms with Gasteiger partial charge in [0.1, 0.15) is 17.4 Å². The lowest BCUT2D eigenvalue weighted by molar-refractivity contribution is -0.122. The summed E-state index contributed by atoms with van der Waals surface area (Å²) in [5.74, 6) is -0.464. The van der Waals surface area contributed by atoms with Gasteiger partial charge in [-0.15, -0.1) is 0 Å². The number of nitriles is 1. The maximum atomic E-state index is 12.7. The summed E-state index contributed by atoms with van der Waals surface area (Å²) in [6.07, 6.45) is 1.47. The van der Waals surface area contributed by atoms with Gasteiger partial charge in [-0.3, -0.25) is 10.1 Å². The standard InChI is InChI=1S/C15H18N6O4S/c1-15(13(22)18-14(23)19-15)10-26(24,25)21-6-4-20(5-7-21)12-3-2-11(8-16)9-17-12/h2-3,9H,4-7,10H2,1H3,(H2,18,19,22,23). The van der Waals surface area contributed by atoms with E-state index in [1.54, 1.807) is 12.1 Å². The van der Waals surface area contributed by atoms with Crippen molar-refractivity contribution in [2.45, 2.75) is 12.5 Å². The van der Waals surface area contributed by atoms with Crippen LogP contribution in [0.3, 0.4) is 0 Å². The number of carbonyl (C=O) groups is 2. The molecule has 0 radical (unpaired) electrons. The van der Waals surface area contributed by atoms with Gasteiger partial charge in [0.2, 0.25) is 10.0 Å². The number of aromatic nitrogens is 1. The quantitative estimate of drug-likeness (QED) is 0.642. The van der Waals surface area contributed by atoms with Crippen LogP contribution in [0.25, 0.3) is 0 Å². The largest absolute Gasteiger partial charge is 0.354 e. The number of imide groups is 1. The number of urea groups is 1. The second-order valence-corrected chi connectivity index (χ2v) is 8.37. The van der Waals surface area contributed by atoms with Gasteiger partial charge < -0.3 is 10.2 Å². The zero-order chi connectivity index (χ0) is 18.9. The number of rotatable bonds is 4. The number of nitrogens with one attached hydrogen (secondary N) is 2. The van der Waals surface area contributed by atoms with Crippen molar-refractivity contribution in [1.82, 2.24) is 19.9 Å². The molecule has 0 saturated carbocycles. The Hall–Kier alpha value is -2.71. The van der Waals surface area contributed by atoms with E-state index in [1.165, 1.54) is 17.4 Å². The van der Waals surface area contributed by atoms with Gasteiger partial charge in [-0.05, 0) is 19.1 Å². The van der Waals surface area contributed by atoms with Gasteiger partial charge in [0.05, 0.1) is 11.3 Å². The van der Waals surface area contributed by atoms with E-state index in [0.717, 1.165) is 0 Å². The van der Waals surface area contributed by atoms with Crippen molar-refractivity contribution in [2.75, 3.05) is 36.8 Å². The minimum Gasteiger partial charge on any atom is -0.354 e. The fraction of sp³-hybridized carbons (Fsp3) is 0.467. The average molecular weight is 378 g/mol. The number of amides is 3. The average Bonchev–Trinajstić information content (AvgIpc) is 2.86. The Morgan fingerprint density at radius 3 is 2.46 bits per heavy atom. The number of hydrogen-bond acceptors (Lipinski definition) is 7. The summed E-state index contributed by atoms with van der Waals surface area (Å²) < 4.78 is 26.6. The highest BCUT2D eigenvalue weighted by molar-refractivity contribution is 7.89. The minimum atomic E-state index is -3.73. The topological polar surface area (TPSA) is 136 Å². The fourth-order valence-corrected chi connectivity index (χ4v) is 4.81. The Bertz CT molecular complexity index is 870. The lowest BCUT2D eigenvalue weighted by Crippen LogP contribution is -2.55. The van der Waals surface area contributed by atoms with Gasteiger partial charge in [0.25, 0.3) is 5.91 Å². The van der Waals surface area contributed by atoms with Crippen molar-refractivity contribution < 1.29 is 18.0 Å². The molecule has 0 aliphatic carbocycles. The molecule has 2 aliphatic heterocycles. The van der Waals surface area contributed by atoms with Crippen LogP contribution in [0.2, 0.25) is 0 Å². The minimum absolute atomic E-state index is 0.246. The lowest BCUT2D eigenvalue weighted by atomic mass is 10.1. The number of carbonyl (C=O) groups excluding carboxylic acids is 2. The third-order valence-corrected chi connectivity index (χ3v) is 6.52. The first-order valence-electron chi connectivity index (χ1n) is 7.96. The predicted octanol–water partition coefficient (Wildman–Crippen LogP) is -0.997. The SMILES string of the molecule is CC1(CS(=O)(=O)N2CCN(c3ccc(C#N)cn3)CC2)NC(=O)NC1=O. The molecule has 2 aliphatic rings. The summed E-state index contributed by atoms with van der Waals surface area (Å²) in [7, 11) is -3.73. The van der Waals surface area contributed by atoms with E-state index in [-0.39, 0.29) is 13.1 Å². The second kappa shape index (κ2) is 6.54. The molecule has 138 valence electrons. The van der Waals surface area contributed by atoms with Crippen molar-refractivity contribution in [3.05, 3.63) is 23.9 Å². The van der Waals surface area contributed by atoms with Crippen molar-refractivity contribution >= 4 is 27.8 Å². The van der Waals surface area contributed by atoms with Gasteiger partial charge >= 0.3 is 6.03 Å². The molecule has 11 heteroatoms. The molecule has 2 fully saturated rings. The number of hydrogen-bond donors (Lipinski definition) is 2. The third-order valence-electron chi connectivity index (χ3n) is 4.42. The Kier molecular flexibility index (Phi) is 4.55. The van der Waals surface area contributed by atoms with Gasteiger partial charge in [-0.2, -0.15) is 9.57 Å². The molecule has 10 nitrogen and oxygen atoms in total. The first kappa shape index (κ1) is 18.1. The summed E-state index contributed by atoms with van der Waals surface area (Å²) in [6, 6.07) is 4.69. The van der Waals surface area contributed by atoms with E-state index in [2.05, 4.69) is 15.6 Å². The van der Waals surface area contributed by atoms with E-state index in [4.69, 9.17) is 5.26 Å². The summed E-state index contributed by atoms with van der Waals surface area (Å²) in [5, 5.41) is 13.2. The molecule has 1 unspecified atom stereocenters. The molecule has 1 atom stereocenters. The zero-order valence-corrected chi connectivity index (χ0v) is 14.9. The van der Waals surface area contributed by atoms with Crippen LogP contribution in [0.5, 0.6) is 0 Å². The van der Waals surface area contributed by atoms with Crippen LogP contribution in [0, 0.1) is 11.3 Å². The number of pyridine rings is 1. The van der Waals surface area contributed by atoms with Crippen LogP contribution in [0.15, 0.2) is 18.3 Å². The molecule has 1 aromatic rings. The second-order valence-electron chi connectivity index (χ2n) is 6.40. The maximum Gasteiger partial charge on any atom is 0.322 e. The normalized spacial score (nSPS) is 24.1. The van der Waals surface area contributed by atoms with Crippen molar-refractivity contribution in [3.63, 3.8) is 0 Å². The van der Waals surface area contributed by atoms with Gasteiger partial charge in [0, 0.05) is 32.4 Å². The summed E-state index contributed by atoms with van der Waals surface area (Å²) >= 11 is 0. The van der Waals surface area contributed by atoms with Crippen LogP contribution < -0.4 is 15.5 Å². The highest BCUT2D eigenvalue weighted by Gasteiger charge is 2.46. The van der Waals surface area contributed by atoms with Gasteiger partial charge in [-0.1, -0.05) is 0 Å². The van der Waals surface area contributed by atoms with E-state index in [1.807, 2.05) is 11.0 Å². The molecule has 0 bridgehead atoms. The van der Waals surface area contributed by atoms with E-state index < -0.39 is 33.3 Å². The summed E-state index contributed by atoms with van der Waals surface area (Å²) in [5.41, 5.74) is -1.01. The highest BCUT2D eigenvalue weighted by atomic mass is 32.2. The first-order valence-corrected chi connectivity index (χ1v) is 9.57. The predicted molar refractivity (Wildman–Crippen MR) is 91.6 cm³/mol. The zero-order valence-electron chi connectivity index (χ0n) is 14.1. The monoisotopic (exact) mass is 378 g/mol. The maximum absolute atomic E-state index is 12.7. The van der Waals surface area contributed by atoms with Crippen LogP contribution in [0.4, 0.5) is 10.6 Å². The van der Waals surface area contributed by atoms with Crippen LogP contribution in [0.1, 0.15) is 12.5 Å². The van der Waals surface area contributed by atoms with Crippen molar-refractivity contribution in [1.29, 1.82) is 5.26 Å². The number of sulfonamides is 1. The van der Waals surface area contributed by atoms with E-state index >= 15 is 0 Å². The van der Waals surface area contributed by atoms with E-state index in [9.17, 15) is 18.0 Å². The molecule has 3 rings (SSSR count). The van der Waals surface area contributed by atoms with Crippen molar-refractivity contribution in [3.8, 4) is 6.07 Å². The molecular formula is C15H18N6O4S. The molecule has 3 amide bonds. The van der Waals surface area contributed by atoms with Crippen molar-refractivity contribution in [2.24, 2.45) is 0 Å². The Morgan fingerprint density at radius 2 is 1.96 bits per heavy atom. The van der Waals surface area contributed by atoms with Gasteiger partial charge in [0.15, 0.2) is 0 Å². The molecule has 0 spiro atoms. The first-order chi connectivity index (χ1) is 12.2.